The molecule has 0 amide bonds. The normalized spacial score (nSPS) is 19.8. The second-order valence-electron chi connectivity index (χ2n) is 9.25. The third-order valence-corrected chi connectivity index (χ3v) is 5.81. The molecule has 2 nitrogen and oxygen atoms in total. The molecule has 2 heteroatoms. The van der Waals surface area contributed by atoms with Gasteiger partial charge in [-0.05, 0) is 67.9 Å². The van der Waals surface area contributed by atoms with Crippen molar-refractivity contribution in [1.29, 1.82) is 0 Å². The van der Waals surface area contributed by atoms with Gasteiger partial charge in [0.1, 0.15) is 0 Å². The van der Waals surface area contributed by atoms with Gasteiger partial charge in [-0.25, -0.2) is 0 Å². The highest BCUT2D eigenvalue weighted by Crippen LogP contribution is 2.51. The molecule has 0 radical (unpaired) electrons. The summed E-state index contributed by atoms with van der Waals surface area (Å²) < 4.78 is 1.19. The van der Waals surface area contributed by atoms with Crippen molar-refractivity contribution in [3.8, 4) is 11.1 Å². The van der Waals surface area contributed by atoms with E-state index in [0.717, 1.165) is 34.5 Å². The van der Waals surface area contributed by atoms with Crippen LogP contribution in [0.3, 0.4) is 0 Å². The van der Waals surface area contributed by atoms with Crippen LogP contribution in [0.5, 0.6) is 0 Å². The molecule has 0 fully saturated rings. The molecule has 0 N–H and O–H groups in total. The predicted octanol–water partition coefficient (Wildman–Crippen LogP) is 6.41. The molecule has 2 aromatic carbocycles. The number of nitrogens with zero attached hydrogens (tertiary/aromatic N) is 1. The maximum atomic E-state index is 13.2. The third-order valence-electron chi connectivity index (χ3n) is 5.81. The lowest BCUT2D eigenvalue weighted by Gasteiger charge is -2.36. The van der Waals surface area contributed by atoms with Gasteiger partial charge in [-0.15, -0.1) is 0 Å². The Morgan fingerprint density at radius 3 is 2.27 bits per heavy atom. The number of aryl methyl sites for hydroxylation is 2. The monoisotopic (exact) mass is 345 g/mol. The van der Waals surface area contributed by atoms with E-state index in [4.69, 9.17) is 0 Å². The molecule has 2 aliphatic rings. The van der Waals surface area contributed by atoms with Crippen molar-refractivity contribution < 1.29 is 4.74 Å². The fraction of sp³-hybridized carbons (Fsp3) is 0.375. The van der Waals surface area contributed by atoms with E-state index in [1.54, 1.807) is 0 Å². The molecule has 2 aromatic rings. The quantitative estimate of drug-likeness (QED) is 0.433. The summed E-state index contributed by atoms with van der Waals surface area (Å²) in [5.41, 5.74) is 8.72. The zero-order valence-corrected chi connectivity index (χ0v) is 16.6. The molecule has 1 aliphatic carbocycles. The van der Waals surface area contributed by atoms with Crippen LogP contribution in [-0.2, 0) is 0 Å². The number of hydrogen-bond acceptors (Lipinski definition) is 1. The summed E-state index contributed by atoms with van der Waals surface area (Å²) in [5, 5.41) is 13.2. The minimum Gasteiger partial charge on any atom is -0.618 e. The number of allylic oxidation sites excluding steroid dienone is 2. The fourth-order valence-electron chi connectivity index (χ4n) is 5.16. The van der Waals surface area contributed by atoms with E-state index >= 15 is 0 Å². The Hall–Kier alpha value is -2.35. The zero-order chi connectivity index (χ0) is 18.9. The number of hydrogen-bond donors (Lipinski definition) is 0. The second-order valence-corrected chi connectivity index (χ2v) is 9.25. The molecule has 0 bridgehead atoms. The van der Waals surface area contributed by atoms with Crippen LogP contribution in [0, 0.1) is 29.9 Å². The minimum absolute atomic E-state index is 0.0933. The molecule has 0 saturated carbocycles. The van der Waals surface area contributed by atoms with Crippen LogP contribution in [0.4, 0.5) is 5.69 Å². The Labute approximate surface area is 156 Å². The first-order chi connectivity index (χ1) is 12.1. The molecular weight excluding hydrogens is 318 g/mol. The number of benzene rings is 2. The van der Waals surface area contributed by atoms with E-state index < -0.39 is 0 Å². The van der Waals surface area contributed by atoms with Crippen LogP contribution in [0.15, 0.2) is 42.5 Å². The molecule has 0 spiro atoms. The number of fused-ring (bicyclic) bond motifs is 3. The van der Waals surface area contributed by atoms with Crippen molar-refractivity contribution in [2.75, 3.05) is 0 Å². The van der Waals surface area contributed by atoms with Crippen molar-refractivity contribution >= 4 is 17.0 Å². The first kappa shape index (κ1) is 17.1. The summed E-state index contributed by atoms with van der Waals surface area (Å²) in [4.78, 5) is 0. The maximum Gasteiger partial charge on any atom is 0.225 e. The Bertz CT molecular complexity index is 969. The van der Waals surface area contributed by atoms with E-state index in [9.17, 15) is 5.21 Å². The van der Waals surface area contributed by atoms with Gasteiger partial charge in [-0.2, -0.15) is 4.74 Å². The van der Waals surface area contributed by atoms with E-state index in [1.165, 1.54) is 21.4 Å². The van der Waals surface area contributed by atoms with Gasteiger partial charge >= 0.3 is 0 Å². The average Bonchev–Trinajstić information content (AvgIpc) is 2.78. The molecule has 0 atom stereocenters. The number of rotatable bonds is 1. The Morgan fingerprint density at radius 2 is 1.62 bits per heavy atom. The topological polar surface area (TPSA) is 26.1 Å². The van der Waals surface area contributed by atoms with Gasteiger partial charge in [0.2, 0.25) is 11.4 Å². The van der Waals surface area contributed by atoms with Crippen LogP contribution in [0.1, 0.15) is 50.8 Å². The maximum absolute atomic E-state index is 13.2. The first-order valence-corrected chi connectivity index (χ1v) is 9.40. The molecule has 4 rings (SSSR count). The summed E-state index contributed by atoms with van der Waals surface area (Å²) in [6.45, 7) is 13.2. The smallest absolute Gasteiger partial charge is 0.225 e. The Kier molecular flexibility index (Phi) is 3.50. The average molecular weight is 345 g/mol. The molecule has 1 heterocycles. The summed E-state index contributed by atoms with van der Waals surface area (Å²) in [6.07, 6.45) is 3.28. The van der Waals surface area contributed by atoms with Crippen molar-refractivity contribution in [3.05, 3.63) is 64.4 Å². The zero-order valence-electron chi connectivity index (χ0n) is 16.6. The standard InChI is InChI=1S/C24H27NO/c1-15-8-7-9-16(2)21(15)17-10-11-18-19-13-23(3,4)14-24(5,6)22(19)25(26)20(18)12-17/h7-13H,14H2,1-6H3. The van der Waals surface area contributed by atoms with E-state index in [1.807, 2.05) is 0 Å². The van der Waals surface area contributed by atoms with Crippen LogP contribution >= 0.6 is 0 Å². The lowest BCUT2D eigenvalue weighted by molar-refractivity contribution is -0.361. The van der Waals surface area contributed by atoms with Crippen LogP contribution in [0.25, 0.3) is 16.7 Å². The Morgan fingerprint density at radius 1 is 0.962 bits per heavy atom. The summed E-state index contributed by atoms with van der Waals surface area (Å²) in [5.74, 6) is 0. The molecular formula is C24H27NO. The third kappa shape index (κ3) is 2.43. The minimum atomic E-state index is -0.132. The predicted molar refractivity (Wildman–Crippen MR) is 110 cm³/mol. The molecule has 0 saturated heterocycles. The van der Waals surface area contributed by atoms with Crippen LogP contribution < -0.4 is 0 Å². The largest absolute Gasteiger partial charge is 0.618 e. The van der Waals surface area contributed by atoms with Gasteiger partial charge in [0, 0.05) is 6.07 Å². The van der Waals surface area contributed by atoms with E-state index in [2.05, 4.69) is 84.0 Å². The van der Waals surface area contributed by atoms with Gasteiger partial charge in [0.15, 0.2) is 0 Å². The lowest BCUT2D eigenvalue weighted by Crippen LogP contribution is -2.36. The van der Waals surface area contributed by atoms with Gasteiger partial charge in [0.25, 0.3) is 0 Å². The highest BCUT2D eigenvalue weighted by molar-refractivity contribution is 6.28. The summed E-state index contributed by atoms with van der Waals surface area (Å²) in [6, 6.07) is 12.7. The molecule has 26 heavy (non-hydrogen) atoms. The highest BCUT2D eigenvalue weighted by Gasteiger charge is 2.48. The van der Waals surface area contributed by atoms with Crippen LogP contribution in [-0.4, -0.2) is 10.5 Å². The van der Waals surface area contributed by atoms with Gasteiger partial charge in [-0.1, -0.05) is 44.2 Å². The summed E-state index contributed by atoms with van der Waals surface area (Å²) in [7, 11) is 0. The van der Waals surface area contributed by atoms with Crippen molar-refractivity contribution in [2.24, 2.45) is 10.8 Å². The Balaban J connectivity index is 1.95. The molecule has 134 valence electrons. The van der Waals surface area contributed by atoms with Crippen LogP contribution in [0.2, 0.25) is 0 Å². The second kappa shape index (κ2) is 5.33. The molecule has 0 aromatic heterocycles. The van der Waals surface area contributed by atoms with Crippen molar-refractivity contribution in [3.63, 3.8) is 0 Å². The SMILES string of the molecule is Cc1cccc(C)c1-c1ccc2c(c1)[N+]([O-])=C1C2=CC(C)(C)CC1(C)C. The van der Waals surface area contributed by atoms with Crippen molar-refractivity contribution in [1.82, 2.24) is 0 Å². The lowest BCUT2D eigenvalue weighted by atomic mass is 9.65. The van der Waals surface area contributed by atoms with E-state index in [0.29, 0.717) is 0 Å². The fourth-order valence-corrected chi connectivity index (χ4v) is 5.16. The highest BCUT2D eigenvalue weighted by atomic mass is 16.5. The van der Waals surface area contributed by atoms with E-state index in [-0.39, 0.29) is 10.8 Å². The van der Waals surface area contributed by atoms with Gasteiger partial charge in [0.05, 0.1) is 16.6 Å². The van der Waals surface area contributed by atoms with Gasteiger partial charge in [-0.3, -0.25) is 0 Å². The summed E-state index contributed by atoms with van der Waals surface area (Å²) >= 11 is 0. The van der Waals surface area contributed by atoms with Gasteiger partial charge < -0.3 is 5.21 Å². The molecule has 1 aliphatic heterocycles. The molecule has 0 unspecified atom stereocenters. The van der Waals surface area contributed by atoms with Crippen molar-refractivity contribution in [2.45, 2.75) is 48.0 Å². The first-order valence-electron chi connectivity index (χ1n) is 9.40.